The van der Waals surface area contributed by atoms with Crippen molar-refractivity contribution < 1.29 is 31.9 Å². The Hall–Kier alpha value is -4.12. The number of carbonyl (C=O) groups excluding carboxylic acids is 2. The van der Waals surface area contributed by atoms with Gasteiger partial charge in [-0.25, -0.2) is 12.8 Å². The molecule has 0 saturated heterocycles. The van der Waals surface area contributed by atoms with Gasteiger partial charge in [-0.1, -0.05) is 43.3 Å². The number of anilines is 1. The Morgan fingerprint density at radius 2 is 1.60 bits per heavy atom. The monoisotopic (exact) mass is 571 g/mol. The molecule has 2 amide bonds. The molecule has 3 aromatic carbocycles. The normalized spacial score (nSPS) is 11.8. The maximum absolute atomic E-state index is 14.6. The van der Waals surface area contributed by atoms with Crippen molar-refractivity contribution in [1.29, 1.82) is 0 Å². The number of ether oxygens (including phenoxy) is 2. The van der Waals surface area contributed by atoms with Gasteiger partial charge < -0.3 is 19.7 Å². The minimum atomic E-state index is -4.31. The zero-order valence-electron chi connectivity index (χ0n) is 23.0. The third-order valence-corrected chi connectivity index (χ3v) is 8.05. The van der Waals surface area contributed by atoms with Crippen molar-refractivity contribution in [1.82, 2.24) is 10.2 Å². The highest BCUT2D eigenvalue weighted by Crippen LogP contribution is 2.32. The van der Waals surface area contributed by atoms with Crippen LogP contribution in [0.2, 0.25) is 0 Å². The van der Waals surface area contributed by atoms with E-state index >= 15 is 0 Å². The van der Waals surface area contributed by atoms with E-state index in [1.54, 1.807) is 36.4 Å². The number of rotatable bonds is 13. The molecule has 0 bridgehead atoms. The molecule has 0 fully saturated rings. The van der Waals surface area contributed by atoms with E-state index in [4.69, 9.17) is 9.47 Å². The molecule has 0 aliphatic heterocycles. The van der Waals surface area contributed by atoms with Gasteiger partial charge in [0.1, 0.15) is 18.4 Å². The molecule has 1 atom stereocenters. The van der Waals surface area contributed by atoms with Crippen LogP contribution in [0.3, 0.4) is 0 Å². The van der Waals surface area contributed by atoms with Crippen molar-refractivity contribution in [3.63, 3.8) is 0 Å². The average Bonchev–Trinajstić information content (AvgIpc) is 2.97. The fourth-order valence-electron chi connectivity index (χ4n) is 4.02. The first-order chi connectivity index (χ1) is 19.1. The Balaban J connectivity index is 2.04. The SMILES string of the molecule is CCCNC(=O)[C@H](C)N(Cc1ccccc1F)C(=O)CN(c1ccccc1)S(=O)(=O)c1ccc(OC)c(OC)c1. The fourth-order valence-corrected chi connectivity index (χ4v) is 5.45. The lowest BCUT2D eigenvalue weighted by atomic mass is 10.1. The molecule has 214 valence electrons. The van der Waals surface area contributed by atoms with Crippen LogP contribution in [0.15, 0.2) is 77.7 Å². The van der Waals surface area contributed by atoms with E-state index in [1.165, 1.54) is 62.4 Å². The number of amides is 2. The predicted octanol–water partition coefficient (Wildman–Crippen LogP) is 3.98. The third-order valence-electron chi connectivity index (χ3n) is 6.28. The number of methoxy groups -OCH3 is 2. The molecule has 1 N–H and O–H groups in total. The molecule has 0 aliphatic rings. The first-order valence-corrected chi connectivity index (χ1v) is 14.2. The predicted molar refractivity (Wildman–Crippen MR) is 150 cm³/mol. The quantitative estimate of drug-likeness (QED) is 0.333. The highest BCUT2D eigenvalue weighted by Gasteiger charge is 2.33. The van der Waals surface area contributed by atoms with E-state index in [-0.39, 0.29) is 28.4 Å². The molecular weight excluding hydrogens is 537 g/mol. The van der Waals surface area contributed by atoms with E-state index < -0.39 is 40.2 Å². The number of halogens is 1. The summed E-state index contributed by atoms with van der Waals surface area (Å²) in [6, 6.07) is 17.2. The smallest absolute Gasteiger partial charge is 0.264 e. The fraction of sp³-hybridized carbons (Fsp3) is 0.310. The Labute approximate surface area is 234 Å². The highest BCUT2D eigenvalue weighted by molar-refractivity contribution is 7.92. The summed E-state index contributed by atoms with van der Waals surface area (Å²) in [4.78, 5) is 27.8. The second kappa shape index (κ2) is 13.8. The zero-order chi connectivity index (χ0) is 29.3. The van der Waals surface area contributed by atoms with E-state index in [2.05, 4.69) is 5.32 Å². The van der Waals surface area contributed by atoms with Crippen molar-refractivity contribution in [2.45, 2.75) is 37.8 Å². The van der Waals surface area contributed by atoms with Crippen LogP contribution in [0.25, 0.3) is 0 Å². The lowest BCUT2D eigenvalue weighted by Crippen LogP contribution is -2.51. The Kier molecular flexibility index (Phi) is 10.5. The largest absolute Gasteiger partial charge is 0.493 e. The minimum Gasteiger partial charge on any atom is -0.493 e. The van der Waals surface area contributed by atoms with Gasteiger partial charge in [0.05, 0.1) is 24.8 Å². The van der Waals surface area contributed by atoms with Crippen molar-refractivity contribution in [2.75, 3.05) is 31.6 Å². The molecule has 0 aliphatic carbocycles. The van der Waals surface area contributed by atoms with E-state index in [0.717, 1.165) is 4.31 Å². The molecule has 0 aromatic heterocycles. The topological polar surface area (TPSA) is 105 Å². The number of carbonyl (C=O) groups is 2. The zero-order valence-corrected chi connectivity index (χ0v) is 23.8. The van der Waals surface area contributed by atoms with E-state index in [1.807, 2.05) is 6.92 Å². The van der Waals surface area contributed by atoms with Gasteiger partial charge in [0.25, 0.3) is 10.0 Å². The second-order valence-electron chi connectivity index (χ2n) is 8.94. The van der Waals surface area contributed by atoms with Crippen molar-refractivity contribution in [3.8, 4) is 11.5 Å². The van der Waals surface area contributed by atoms with Gasteiger partial charge in [0.2, 0.25) is 11.8 Å². The van der Waals surface area contributed by atoms with Gasteiger partial charge in [-0.15, -0.1) is 0 Å². The van der Waals surface area contributed by atoms with Crippen LogP contribution in [-0.2, 0) is 26.2 Å². The number of nitrogens with zero attached hydrogens (tertiary/aromatic N) is 2. The van der Waals surface area contributed by atoms with E-state index in [9.17, 15) is 22.4 Å². The molecule has 0 radical (unpaired) electrons. The molecule has 0 unspecified atom stereocenters. The summed E-state index contributed by atoms with van der Waals surface area (Å²) in [7, 11) is -1.49. The molecule has 9 nitrogen and oxygen atoms in total. The van der Waals surface area contributed by atoms with Crippen LogP contribution in [0.1, 0.15) is 25.8 Å². The van der Waals surface area contributed by atoms with Crippen molar-refractivity contribution >= 4 is 27.5 Å². The van der Waals surface area contributed by atoms with Gasteiger partial charge >= 0.3 is 0 Å². The van der Waals surface area contributed by atoms with Crippen LogP contribution in [0, 0.1) is 5.82 Å². The molecule has 3 aromatic rings. The summed E-state index contributed by atoms with van der Waals surface area (Å²) in [5.74, 6) is -1.12. The summed E-state index contributed by atoms with van der Waals surface area (Å²) in [5, 5.41) is 2.75. The Bertz CT molecular complexity index is 1420. The number of hydrogen-bond donors (Lipinski definition) is 1. The summed E-state index contributed by atoms with van der Waals surface area (Å²) < 4.78 is 53.9. The number of para-hydroxylation sites is 1. The summed E-state index contributed by atoms with van der Waals surface area (Å²) in [6.45, 7) is 2.95. The van der Waals surface area contributed by atoms with Crippen LogP contribution in [-0.4, -0.2) is 58.5 Å². The first kappa shape index (κ1) is 30.4. The van der Waals surface area contributed by atoms with Crippen molar-refractivity contribution in [3.05, 3.63) is 84.2 Å². The van der Waals surface area contributed by atoms with Gasteiger partial charge in [0.15, 0.2) is 11.5 Å². The number of benzene rings is 3. The summed E-state index contributed by atoms with van der Waals surface area (Å²) in [5.41, 5.74) is 0.430. The highest BCUT2D eigenvalue weighted by atomic mass is 32.2. The van der Waals surface area contributed by atoms with Crippen LogP contribution < -0.4 is 19.1 Å². The second-order valence-corrected chi connectivity index (χ2v) is 10.8. The summed E-state index contributed by atoms with van der Waals surface area (Å²) >= 11 is 0. The van der Waals surface area contributed by atoms with Gasteiger partial charge in [-0.3, -0.25) is 13.9 Å². The number of nitrogens with one attached hydrogen (secondary N) is 1. The molecule has 40 heavy (non-hydrogen) atoms. The maximum Gasteiger partial charge on any atom is 0.264 e. The van der Waals surface area contributed by atoms with Crippen LogP contribution >= 0.6 is 0 Å². The Morgan fingerprint density at radius 3 is 2.23 bits per heavy atom. The summed E-state index contributed by atoms with van der Waals surface area (Å²) in [6.07, 6.45) is 0.686. The minimum absolute atomic E-state index is 0.129. The van der Waals surface area contributed by atoms with Gasteiger partial charge in [-0.2, -0.15) is 0 Å². The molecular formula is C29H34FN3O6S. The third kappa shape index (κ3) is 7.09. The van der Waals surface area contributed by atoms with Crippen LogP contribution in [0.4, 0.5) is 10.1 Å². The maximum atomic E-state index is 14.6. The van der Waals surface area contributed by atoms with Gasteiger partial charge in [-0.05, 0) is 43.7 Å². The molecule has 3 rings (SSSR count). The van der Waals surface area contributed by atoms with Crippen LogP contribution in [0.5, 0.6) is 11.5 Å². The molecule has 0 saturated carbocycles. The Morgan fingerprint density at radius 1 is 0.950 bits per heavy atom. The van der Waals surface area contributed by atoms with E-state index in [0.29, 0.717) is 18.7 Å². The lowest BCUT2D eigenvalue weighted by Gasteiger charge is -2.32. The lowest BCUT2D eigenvalue weighted by molar-refractivity contribution is -0.139. The van der Waals surface area contributed by atoms with Gasteiger partial charge in [0, 0.05) is 24.7 Å². The molecule has 0 heterocycles. The molecule has 11 heteroatoms. The number of hydrogen-bond acceptors (Lipinski definition) is 6. The average molecular weight is 572 g/mol. The molecule has 0 spiro atoms. The standard InChI is InChI=1S/C29H34FN3O6S/c1-5-17-31-29(35)21(2)32(19-22-11-9-10-14-25(22)30)28(34)20-33(23-12-7-6-8-13-23)40(36,37)24-15-16-26(38-3)27(18-24)39-4/h6-16,18,21H,5,17,19-20H2,1-4H3,(H,31,35)/t21-/m0/s1. The first-order valence-electron chi connectivity index (χ1n) is 12.7. The number of sulfonamides is 1. The van der Waals surface area contributed by atoms with Crippen molar-refractivity contribution in [2.24, 2.45) is 0 Å².